The Morgan fingerprint density at radius 1 is 1.65 bits per heavy atom. The molecule has 2 unspecified atom stereocenters. The summed E-state index contributed by atoms with van der Waals surface area (Å²) < 4.78 is 10.4. The number of nitrogens with one attached hydrogen (secondary N) is 3. The van der Waals surface area contributed by atoms with Crippen molar-refractivity contribution in [3.8, 4) is 5.88 Å². The number of ether oxygens (including phenoxy) is 1. The van der Waals surface area contributed by atoms with Crippen molar-refractivity contribution >= 4 is 18.6 Å². The number of aromatic nitrogens is 1. The molecule has 0 bridgehead atoms. The highest BCUT2D eigenvalue weighted by Gasteiger charge is 2.24. The van der Waals surface area contributed by atoms with Gasteiger partial charge in [0.05, 0.1) is 6.61 Å². The van der Waals surface area contributed by atoms with Gasteiger partial charge in [0.15, 0.2) is 12.0 Å². The summed E-state index contributed by atoms with van der Waals surface area (Å²) in [5, 5.41) is 21.4. The zero-order chi connectivity index (χ0) is 16.5. The fourth-order valence-electron chi connectivity index (χ4n) is 1.97. The second-order valence-electron chi connectivity index (χ2n) is 4.78. The van der Waals surface area contributed by atoms with Crippen molar-refractivity contribution in [3.63, 3.8) is 0 Å². The Hall–Kier alpha value is -2.46. The van der Waals surface area contributed by atoms with E-state index in [9.17, 15) is 9.59 Å². The van der Waals surface area contributed by atoms with Crippen LogP contribution in [0.2, 0.25) is 0 Å². The van der Waals surface area contributed by atoms with Gasteiger partial charge in [-0.25, -0.2) is 0 Å². The van der Waals surface area contributed by atoms with Crippen LogP contribution in [0, 0.1) is 0 Å². The molecule has 0 saturated carbocycles. The molecule has 2 atom stereocenters. The predicted molar refractivity (Wildman–Crippen MR) is 79.3 cm³/mol. The molecule has 2 heterocycles. The fourth-order valence-corrected chi connectivity index (χ4v) is 1.97. The van der Waals surface area contributed by atoms with Gasteiger partial charge in [-0.15, -0.1) is 0 Å². The Balaban J connectivity index is 1.71. The number of carbonyl (C=O) groups is 2. The van der Waals surface area contributed by atoms with E-state index in [1.165, 1.54) is 6.07 Å². The molecule has 1 aliphatic heterocycles. The third kappa shape index (κ3) is 5.34. The van der Waals surface area contributed by atoms with Gasteiger partial charge in [0.1, 0.15) is 5.92 Å². The van der Waals surface area contributed by atoms with Crippen molar-refractivity contribution in [2.75, 3.05) is 26.2 Å². The van der Waals surface area contributed by atoms with E-state index in [1.807, 2.05) is 6.21 Å². The Bertz CT molecular complexity index is 547. The zero-order valence-corrected chi connectivity index (χ0v) is 12.4. The third-order valence-electron chi connectivity index (χ3n) is 3.12. The molecule has 0 fully saturated rings. The maximum Gasteiger partial charge on any atom is 0.316 e. The lowest BCUT2D eigenvalue weighted by atomic mass is 10.1. The van der Waals surface area contributed by atoms with Crippen molar-refractivity contribution in [3.05, 3.63) is 11.8 Å². The summed E-state index contributed by atoms with van der Waals surface area (Å²) >= 11 is 0. The molecular weight excluding hydrogens is 306 g/mol. The van der Waals surface area contributed by atoms with Crippen LogP contribution in [0.15, 0.2) is 15.6 Å². The monoisotopic (exact) mass is 325 g/mol. The van der Waals surface area contributed by atoms with Crippen LogP contribution in [0.3, 0.4) is 0 Å². The van der Waals surface area contributed by atoms with E-state index >= 15 is 0 Å². The molecule has 126 valence electrons. The highest BCUT2D eigenvalue weighted by Crippen LogP contribution is 2.20. The number of aliphatic imine (C=N–C) groups is 1. The Morgan fingerprint density at radius 3 is 3.22 bits per heavy atom. The third-order valence-corrected chi connectivity index (χ3v) is 3.12. The first kappa shape index (κ1) is 16.9. The minimum absolute atomic E-state index is 0.0460. The topological polar surface area (TPSA) is 138 Å². The number of aliphatic carboxylic acids is 1. The summed E-state index contributed by atoms with van der Waals surface area (Å²) in [6.45, 7) is 1.80. The Labute approximate surface area is 132 Å². The smallest absolute Gasteiger partial charge is 0.316 e. The van der Waals surface area contributed by atoms with Crippen LogP contribution >= 0.6 is 0 Å². The first-order valence-electron chi connectivity index (χ1n) is 7.18. The van der Waals surface area contributed by atoms with Gasteiger partial charge < -0.3 is 19.7 Å². The van der Waals surface area contributed by atoms with Crippen LogP contribution < -0.4 is 20.7 Å². The van der Waals surface area contributed by atoms with E-state index < -0.39 is 11.9 Å². The van der Waals surface area contributed by atoms with Crippen LogP contribution in [0.5, 0.6) is 5.88 Å². The predicted octanol–water partition coefficient (Wildman–Crippen LogP) is -1.10. The van der Waals surface area contributed by atoms with Crippen molar-refractivity contribution in [1.29, 1.82) is 0 Å². The van der Waals surface area contributed by atoms with Crippen LogP contribution in [0.1, 0.15) is 18.1 Å². The summed E-state index contributed by atoms with van der Waals surface area (Å²) in [5.74, 6) is -1.77. The van der Waals surface area contributed by atoms with E-state index in [-0.39, 0.29) is 24.5 Å². The SMILES string of the molecule is O=CNCC(C(=O)O)c1cc(OCCCNC2N=CCN2)no1. The largest absolute Gasteiger partial charge is 0.481 e. The van der Waals surface area contributed by atoms with Crippen LogP contribution in [-0.2, 0) is 9.59 Å². The summed E-state index contributed by atoms with van der Waals surface area (Å²) in [5.41, 5.74) is 0. The first-order chi connectivity index (χ1) is 11.2. The van der Waals surface area contributed by atoms with Gasteiger partial charge in [0.2, 0.25) is 6.41 Å². The Morgan fingerprint density at radius 2 is 2.52 bits per heavy atom. The zero-order valence-electron chi connectivity index (χ0n) is 12.4. The highest BCUT2D eigenvalue weighted by atomic mass is 16.5. The normalized spacial score (nSPS) is 17.8. The lowest BCUT2D eigenvalue weighted by Gasteiger charge is -2.10. The van der Waals surface area contributed by atoms with Gasteiger partial charge in [-0.2, -0.15) is 0 Å². The molecule has 0 radical (unpaired) electrons. The van der Waals surface area contributed by atoms with Crippen molar-refractivity contribution < 1.29 is 24.0 Å². The molecule has 23 heavy (non-hydrogen) atoms. The second-order valence-corrected chi connectivity index (χ2v) is 4.78. The van der Waals surface area contributed by atoms with E-state index in [2.05, 4.69) is 26.1 Å². The molecule has 0 aliphatic carbocycles. The number of amides is 1. The van der Waals surface area contributed by atoms with Crippen molar-refractivity contribution in [1.82, 2.24) is 21.1 Å². The molecule has 0 spiro atoms. The van der Waals surface area contributed by atoms with Gasteiger partial charge in [0, 0.05) is 31.9 Å². The molecule has 1 aromatic rings. The van der Waals surface area contributed by atoms with Gasteiger partial charge >= 0.3 is 5.97 Å². The summed E-state index contributed by atoms with van der Waals surface area (Å²) in [6, 6.07) is 1.42. The number of carboxylic acids is 1. The number of nitrogens with zero attached hydrogens (tertiary/aromatic N) is 2. The maximum atomic E-state index is 11.1. The average Bonchev–Trinajstić information content (AvgIpc) is 3.19. The average molecular weight is 325 g/mol. The second kappa shape index (κ2) is 8.86. The summed E-state index contributed by atoms with van der Waals surface area (Å²) in [4.78, 5) is 25.6. The Kier molecular flexibility index (Phi) is 6.51. The molecule has 4 N–H and O–H groups in total. The van der Waals surface area contributed by atoms with Gasteiger partial charge in [0.25, 0.3) is 5.88 Å². The van der Waals surface area contributed by atoms with Crippen LogP contribution in [-0.4, -0.2) is 61.4 Å². The summed E-state index contributed by atoms with van der Waals surface area (Å²) in [6.07, 6.45) is 2.92. The first-order valence-corrected chi connectivity index (χ1v) is 7.18. The molecule has 1 amide bonds. The van der Waals surface area contributed by atoms with Gasteiger partial charge in [-0.1, -0.05) is 0 Å². The molecule has 10 nitrogen and oxygen atoms in total. The molecule has 1 aromatic heterocycles. The molecule has 0 saturated heterocycles. The van der Waals surface area contributed by atoms with E-state index in [4.69, 9.17) is 14.4 Å². The minimum atomic E-state index is -1.11. The quantitative estimate of drug-likeness (QED) is 0.297. The van der Waals surface area contributed by atoms with Crippen LogP contribution in [0.25, 0.3) is 0 Å². The minimum Gasteiger partial charge on any atom is -0.481 e. The van der Waals surface area contributed by atoms with E-state index in [1.54, 1.807) is 0 Å². The maximum absolute atomic E-state index is 11.1. The van der Waals surface area contributed by atoms with E-state index in [0.29, 0.717) is 19.6 Å². The van der Waals surface area contributed by atoms with Gasteiger partial charge in [-0.3, -0.25) is 25.2 Å². The fraction of sp³-hybridized carbons (Fsp3) is 0.538. The number of carboxylic acid groups (broad SMARTS) is 1. The number of rotatable bonds is 11. The number of hydrogen-bond donors (Lipinski definition) is 4. The van der Waals surface area contributed by atoms with E-state index in [0.717, 1.165) is 13.0 Å². The van der Waals surface area contributed by atoms with Crippen LogP contribution in [0.4, 0.5) is 0 Å². The molecule has 0 aromatic carbocycles. The molecular formula is C13H19N5O5. The standard InChI is InChI=1S/C13H19N5O5/c19-8-14-7-9(12(20)21)10-6-11(18-23-10)22-5-1-2-15-13-16-3-4-17-13/h3,6,8-9,13,15,17H,1-2,4-5,7H2,(H,14,19)(H,20,21). The lowest BCUT2D eigenvalue weighted by molar-refractivity contribution is -0.139. The van der Waals surface area contributed by atoms with Crippen molar-refractivity contribution in [2.24, 2.45) is 4.99 Å². The number of carbonyl (C=O) groups excluding carboxylic acids is 1. The van der Waals surface area contributed by atoms with Crippen molar-refractivity contribution in [2.45, 2.75) is 18.6 Å². The molecule has 2 rings (SSSR count). The highest BCUT2D eigenvalue weighted by molar-refractivity contribution is 5.76. The number of hydrogen-bond acceptors (Lipinski definition) is 8. The lowest BCUT2D eigenvalue weighted by Crippen LogP contribution is -2.38. The molecule has 1 aliphatic rings. The van der Waals surface area contributed by atoms with Gasteiger partial charge in [-0.05, 0) is 11.6 Å². The summed E-state index contributed by atoms with van der Waals surface area (Å²) in [7, 11) is 0. The molecule has 10 heteroatoms.